The van der Waals surface area contributed by atoms with Crippen LogP contribution >= 0.6 is 23.2 Å². The summed E-state index contributed by atoms with van der Waals surface area (Å²) in [7, 11) is 7.17. The maximum atomic E-state index is 14.7. The molecule has 0 spiro atoms. The number of rotatable bonds is 28. The largest absolute Gasteiger partial charge is 1.00 e. The molecule has 49 heteroatoms. The van der Waals surface area contributed by atoms with Crippen LogP contribution in [0.4, 0.5) is 66.5 Å². The SMILES string of the molecule is C.C.C.C.C.C.C.C.C.C.C.CC#N.O=C(NNC(=O)OCc1ccccc1)OCc1ccccc1.O=C[B]N(CCCl)CCCl.O=C[B]N1CCN(C(=O)OCc2ccccc2)N(C(=O)OCc2ccccc2)CC1.O=C[B]N1CCN(c2ccc([N+](=O)[O-])cc2F)N(c2ccc([N+](=O)[O-])cc2F)CC1.O=C[B]N1CCNN(c2ccc([N+](=O)[O-])cc2F)CC1.O=C[B]N1CCNNCC1.[H-].[Na+]. The van der Waals surface area contributed by atoms with Gasteiger partial charge in [0, 0.05) is 129 Å². The molecule has 0 atom stereocenters. The van der Waals surface area contributed by atoms with Crippen molar-refractivity contribution >= 4 is 150 Å². The van der Waals surface area contributed by atoms with Gasteiger partial charge < -0.3 is 73.4 Å². The standard InChI is InChI=1S/C21H23BN3O5.C17H15BF2N5O5.C16H16N2O4.C11H13BFN4O3.C5H9BCl2NO.C5H11BN3O.C2H3N.11CH4.Na.H/c26-17-22-23-11-13-24(20(27)29-15-18-7-3-1-4-8-18)25(14-12-23)21(28)30-16-19-9-5-2-6-10-19;19-14-9-12(24(27)28)1-3-16(14)22-7-5-21(18-11-26)6-8-23(22)17-4-2-13(25(29)30)10-15(17)20;19-15(21-11-13-7-3-1-4-8-13)17-18-16(20)22-12-14-9-5-2-6-10-14;13-10-7-9(17(19)20)1-2-11(10)16-6-5-15(12-8-18)4-3-14-16;7-1-3-9(4-2-8)6-5-10;10-5-6-9-3-1-7-8-2-4-9;1-2-3;;;;;;;;;;;;;/h1-10,17H,11-16H2;1-4,9-11H,5-8H2;1-10H,11-12H2,(H,17,19)(H,18,20);1-2,7-8,14H,3-6H2;5H,1-4H2;5,7-8H,1-4H2;1H3;11*1H4;;/q;;;;;;;;;;;;;;;;;;+1;-1. The van der Waals surface area contributed by atoms with E-state index in [0.29, 0.717) is 95.8 Å². The van der Waals surface area contributed by atoms with Crippen LogP contribution in [0.5, 0.6) is 0 Å². The summed E-state index contributed by atoms with van der Waals surface area (Å²) >= 11 is 10.9. The summed E-state index contributed by atoms with van der Waals surface area (Å²) in [4.78, 5) is 140. The maximum absolute atomic E-state index is 14.7. The molecule has 5 N–H and O–H groups in total. The van der Waals surface area contributed by atoms with Gasteiger partial charge >= 0.3 is 53.9 Å². The van der Waals surface area contributed by atoms with E-state index in [4.69, 9.17) is 47.4 Å². The topological polar surface area (TPSA) is 436 Å². The number of nitro benzene ring substituents is 3. The summed E-state index contributed by atoms with van der Waals surface area (Å²) in [6.45, 7) is 10.9. The Bertz CT molecular complexity index is 4360. The van der Waals surface area contributed by atoms with Crippen LogP contribution in [0.1, 0.15) is 112 Å². The van der Waals surface area contributed by atoms with E-state index in [1.54, 1.807) is 32.9 Å². The second kappa shape index (κ2) is 82.7. The second-order valence-electron chi connectivity index (χ2n) is 25.7. The molecular weight excluding hydrogens is 1830 g/mol. The first-order chi connectivity index (χ1) is 60.5. The number of carbonyl (C=O) groups excluding carboxylic acids is 9. The van der Waals surface area contributed by atoms with Crippen molar-refractivity contribution in [2.75, 3.05) is 145 Å². The first-order valence-electron chi connectivity index (χ1n) is 38.3. The number of nitro groups is 3. The second-order valence-corrected chi connectivity index (χ2v) is 26.5. The Morgan fingerprint density at radius 3 is 1.00 bits per heavy atom. The average molecular weight is 1970 g/mol. The van der Waals surface area contributed by atoms with Crippen molar-refractivity contribution in [2.45, 2.75) is 115 Å². The average Bonchev–Trinajstić information content (AvgIpc) is 1.57. The fourth-order valence-electron chi connectivity index (χ4n) is 11.3. The molecule has 4 amide bonds. The number of benzene rings is 7. The molecule has 0 bridgehead atoms. The molecule has 4 fully saturated rings. The Labute approximate surface area is 843 Å². The van der Waals surface area contributed by atoms with Crippen LogP contribution in [-0.2, 0) is 69.3 Å². The summed E-state index contributed by atoms with van der Waals surface area (Å²) in [5, 5.41) is 46.5. The normalized spacial score (nSPS) is 12.8. The minimum atomic E-state index is -0.885. The van der Waals surface area contributed by atoms with E-state index < -0.39 is 68.0 Å². The van der Waals surface area contributed by atoms with Gasteiger partial charge in [-0.15, -0.1) is 23.2 Å². The summed E-state index contributed by atoms with van der Waals surface area (Å²) in [6.07, 6.45) is 0.723. The first-order valence-corrected chi connectivity index (χ1v) is 39.4. The van der Waals surface area contributed by atoms with Gasteiger partial charge in [0.2, 0.25) is 0 Å². The van der Waals surface area contributed by atoms with Crippen LogP contribution in [0.15, 0.2) is 176 Å². The minimum absolute atomic E-state index is 0. The van der Waals surface area contributed by atoms with Gasteiger partial charge in [-0.25, -0.2) is 58.6 Å². The number of nitrogens with one attached hydrogen (secondary N) is 5. The van der Waals surface area contributed by atoms with Crippen molar-refractivity contribution in [1.29, 1.82) is 5.26 Å². The van der Waals surface area contributed by atoms with E-state index in [1.807, 2.05) is 131 Å². The van der Waals surface area contributed by atoms with Crippen molar-refractivity contribution in [3.8, 4) is 6.07 Å². The number of hydrogen-bond donors (Lipinski definition) is 5. The molecule has 747 valence electrons. The molecule has 0 saturated carbocycles. The number of carbonyl (C=O) groups is 9. The summed E-state index contributed by atoms with van der Waals surface area (Å²) in [5.74, 6) is -1.39. The third-order valence-corrected chi connectivity index (χ3v) is 17.7. The number of amides is 4. The quantitative estimate of drug-likeness (QED) is 0.00759. The van der Waals surface area contributed by atoms with Crippen molar-refractivity contribution in [3.05, 3.63) is 246 Å². The zero-order valence-electron chi connectivity index (χ0n) is 69.9. The van der Waals surface area contributed by atoms with Gasteiger partial charge in [0.15, 0.2) is 17.5 Å². The van der Waals surface area contributed by atoms with Gasteiger partial charge in [-0.3, -0.25) is 51.2 Å². The van der Waals surface area contributed by atoms with Crippen LogP contribution in [0.2, 0.25) is 0 Å². The van der Waals surface area contributed by atoms with Crippen molar-refractivity contribution in [1.82, 2.24) is 61.2 Å². The summed E-state index contributed by atoms with van der Waals surface area (Å²) < 4.78 is 64.0. The Morgan fingerprint density at radius 2 is 0.708 bits per heavy atom. The van der Waals surface area contributed by atoms with Crippen LogP contribution in [0.25, 0.3) is 0 Å². The Kier molecular flexibility index (Phi) is 85.0. The van der Waals surface area contributed by atoms with E-state index in [9.17, 15) is 86.7 Å². The molecule has 7 aromatic rings. The fraction of sp³-hybridized carbons (Fsp3) is 0.409. The molecule has 0 aliphatic carbocycles. The zero-order chi connectivity index (χ0) is 90.9. The van der Waals surface area contributed by atoms with Gasteiger partial charge in [-0.2, -0.15) is 5.26 Å². The van der Waals surface area contributed by atoms with Crippen LogP contribution in [0, 0.1) is 59.1 Å². The van der Waals surface area contributed by atoms with Crippen LogP contribution in [-0.4, -0.2) is 271 Å². The summed E-state index contributed by atoms with van der Waals surface area (Å²) in [5.41, 5.74) is 15.7. The maximum Gasteiger partial charge on any atom is 1.00 e. The number of hydrogen-bond acceptors (Lipinski definition) is 31. The van der Waals surface area contributed by atoms with Crippen molar-refractivity contribution in [3.63, 3.8) is 0 Å². The number of halogens is 5. The number of non-ortho nitro benzene ring substituents is 3. The van der Waals surface area contributed by atoms with Gasteiger partial charge in [0.1, 0.15) is 26.4 Å². The molecule has 0 aromatic heterocycles. The van der Waals surface area contributed by atoms with Gasteiger partial charge in [0.25, 0.3) is 54.1 Å². The monoisotopic (exact) mass is 1970 g/mol. The van der Waals surface area contributed by atoms with E-state index in [0.717, 1.165) is 91.1 Å². The summed E-state index contributed by atoms with van der Waals surface area (Å²) in [6, 6.07) is 48.5. The minimum Gasteiger partial charge on any atom is -1.00 e. The number of nitriles is 1. The van der Waals surface area contributed by atoms with Gasteiger partial charge in [0.05, 0.1) is 113 Å². The van der Waals surface area contributed by atoms with Crippen LogP contribution < -0.4 is 71.7 Å². The molecule has 4 heterocycles. The number of nitrogens with zero attached hydrogens (tertiary/aromatic N) is 14. The third kappa shape index (κ3) is 54.2. The molecule has 4 aliphatic heterocycles. The molecule has 4 saturated heterocycles. The molecule has 7 aromatic carbocycles. The predicted molar refractivity (Wildman–Crippen MR) is 540 cm³/mol. The molecule has 11 rings (SSSR count). The van der Waals surface area contributed by atoms with Gasteiger partial charge in [-0.05, 0) is 40.5 Å². The molecule has 38 nitrogen and oxygen atoms in total. The number of hydrazine groups is 5. The Hall–Kier alpha value is -11.6. The van der Waals surface area contributed by atoms with Crippen molar-refractivity contribution in [2.24, 2.45) is 0 Å². The molecular formula is C88H135B5Cl2F3N19NaO19. The predicted octanol–water partition coefficient (Wildman–Crippen LogP) is 10.8. The van der Waals surface area contributed by atoms with Crippen LogP contribution in [0.3, 0.4) is 0 Å². The van der Waals surface area contributed by atoms with Gasteiger partial charge in [-0.1, -0.05) is 203 Å². The fourth-order valence-corrected chi connectivity index (χ4v) is 11.7. The van der Waals surface area contributed by atoms with E-state index >= 15 is 0 Å². The first kappa shape index (κ1) is 141. The molecule has 4 aliphatic rings. The number of alkyl halides is 2. The molecule has 137 heavy (non-hydrogen) atoms. The van der Waals surface area contributed by atoms with E-state index in [2.05, 4.69) is 27.1 Å². The Balaban J connectivity index is -0.000000209. The van der Waals surface area contributed by atoms with E-state index in [-0.39, 0.29) is 188 Å². The number of anilines is 3. The Morgan fingerprint density at radius 1 is 0.431 bits per heavy atom. The van der Waals surface area contributed by atoms with E-state index in [1.165, 1.54) is 80.9 Å². The smallest absolute Gasteiger partial charge is 1.00 e. The zero-order valence-corrected chi connectivity index (χ0v) is 72.4. The third-order valence-electron chi connectivity index (χ3n) is 17.4. The molecule has 5 radical (unpaired) electrons. The number of ether oxygens (including phenoxy) is 4. The molecule has 0 unspecified atom stereocenters. The van der Waals surface area contributed by atoms with Crippen molar-refractivity contribution < 1.29 is 121 Å².